The van der Waals surface area contributed by atoms with E-state index in [4.69, 9.17) is 0 Å². The standard InChI is InChI=1S/C9H9Si/c1-8(7-10)9-5-3-2-4-6-9/h2-6H,1,7H2. The molecule has 3 radical (unpaired) electrons. The SMILES string of the molecule is C=C(C[Si])c1ccccc1. The maximum Gasteiger partial charge on any atom is 0.0283 e. The molecule has 49 valence electrons. The van der Waals surface area contributed by atoms with Crippen molar-refractivity contribution in [3.05, 3.63) is 42.5 Å². The predicted molar refractivity (Wildman–Crippen MR) is 46.0 cm³/mol. The zero-order chi connectivity index (χ0) is 7.40. The number of rotatable bonds is 2. The predicted octanol–water partition coefficient (Wildman–Crippen LogP) is 2.29. The van der Waals surface area contributed by atoms with Crippen LogP contribution in [0.2, 0.25) is 6.04 Å². The molecule has 0 aliphatic heterocycles. The first kappa shape index (κ1) is 7.29. The molecular weight excluding hydrogens is 136 g/mol. The molecule has 0 atom stereocenters. The third-order valence-electron chi connectivity index (χ3n) is 1.40. The first-order valence-electron chi connectivity index (χ1n) is 3.22. The summed E-state index contributed by atoms with van der Waals surface area (Å²) in [5, 5.41) is 0. The van der Waals surface area contributed by atoms with Gasteiger partial charge in [-0.1, -0.05) is 42.5 Å². The van der Waals surface area contributed by atoms with Crippen molar-refractivity contribution in [2.45, 2.75) is 6.04 Å². The van der Waals surface area contributed by atoms with Gasteiger partial charge in [-0.2, -0.15) is 0 Å². The number of hydrogen-bond acceptors (Lipinski definition) is 0. The van der Waals surface area contributed by atoms with Crippen molar-refractivity contribution in [2.75, 3.05) is 0 Å². The first-order valence-corrected chi connectivity index (χ1v) is 3.93. The topological polar surface area (TPSA) is 0 Å². The molecule has 0 amide bonds. The number of allylic oxidation sites excluding steroid dienone is 1. The fourth-order valence-electron chi connectivity index (χ4n) is 0.776. The quantitative estimate of drug-likeness (QED) is 0.560. The molecule has 0 saturated carbocycles. The Morgan fingerprint density at radius 3 is 2.40 bits per heavy atom. The Bertz CT molecular complexity index is 213. The van der Waals surface area contributed by atoms with Crippen molar-refractivity contribution < 1.29 is 0 Å². The molecule has 0 saturated heterocycles. The molecule has 0 bridgehead atoms. The van der Waals surface area contributed by atoms with Gasteiger partial charge in [0, 0.05) is 10.2 Å². The molecule has 0 heterocycles. The van der Waals surface area contributed by atoms with Gasteiger partial charge >= 0.3 is 0 Å². The summed E-state index contributed by atoms with van der Waals surface area (Å²) >= 11 is 0. The summed E-state index contributed by atoms with van der Waals surface area (Å²) < 4.78 is 0. The van der Waals surface area contributed by atoms with Crippen molar-refractivity contribution in [2.24, 2.45) is 0 Å². The van der Waals surface area contributed by atoms with E-state index in [1.165, 1.54) is 5.56 Å². The van der Waals surface area contributed by atoms with E-state index < -0.39 is 0 Å². The minimum absolute atomic E-state index is 0.837. The van der Waals surface area contributed by atoms with Crippen LogP contribution in [0, 0.1) is 0 Å². The average Bonchev–Trinajstić information content (AvgIpc) is 2.05. The molecule has 0 N–H and O–H groups in total. The van der Waals surface area contributed by atoms with Crippen molar-refractivity contribution in [3.63, 3.8) is 0 Å². The average molecular weight is 145 g/mol. The third kappa shape index (κ3) is 1.58. The molecule has 10 heavy (non-hydrogen) atoms. The van der Waals surface area contributed by atoms with Crippen LogP contribution in [0.3, 0.4) is 0 Å². The first-order chi connectivity index (χ1) is 4.84. The largest absolute Gasteiger partial charge is 0.0956 e. The van der Waals surface area contributed by atoms with Gasteiger partial charge in [0.05, 0.1) is 0 Å². The summed E-state index contributed by atoms with van der Waals surface area (Å²) in [6.45, 7) is 3.89. The van der Waals surface area contributed by atoms with E-state index in [0.29, 0.717) is 0 Å². The Morgan fingerprint density at radius 1 is 1.30 bits per heavy atom. The van der Waals surface area contributed by atoms with Gasteiger partial charge in [0.2, 0.25) is 0 Å². The molecule has 0 spiro atoms. The van der Waals surface area contributed by atoms with E-state index in [2.05, 4.69) is 29.0 Å². The van der Waals surface area contributed by atoms with Gasteiger partial charge in [-0.15, -0.1) is 0 Å². The number of benzene rings is 1. The lowest BCUT2D eigenvalue weighted by molar-refractivity contribution is 1.58. The Balaban J connectivity index is 2.85. The van der Waals surface area contributed by atoms with Crippen LogP contribution in [0.15, 0.2) is 36.9 Å². The van der Waals surface area contributed by atoms with E-state index in [9.17, 15) is 0 Å². The van der Waals surface area contributed by atoms with Gasteiger partial charge in [0.25, 0.3) is 0 Å². The van der Waals surface area contributed by atoms with Crippen molar-refractivity contribution in [3.8, 4) is 0 Å². The summed E-state index contributed by atoms with van der Waals surface area (Å²) in [5.41, 5.74) is 2.33. The van der Waals surface area contributed by atoms with Gasteiger partial charge in [-0.05, 0) is 11.6 Å². The lowest BCUT2D eigenvalue weighted by Gasteiger charge is -1.99. The molecular formula is C9H9Si. The van der Waals surface area contributed by atoms with Crippen LogP contribution in [-0.4, -0.2) is 10.2 Å². The van der Waals surface area contributed by atoms with Crippen LogP contribution in [0.25, 0.3) is 5.57 Å². The summed E-state index contributed by atoms with van der Waals surface area (Å²) in [7, 11) is 3.40. The minimum Gasteiger partial charge on any atom is -0.0956 e. The van der Waals surface area contributed by atoms with Crippen LogP contribution in [0.5, 0.6) is 0 Å². The monoisotopic (exact) mass is 145 g/mol. The van der Waals surface area contributed by atoms with E-state index >= 15 is 0 Å². The second-order valence-electron chi connectivity index (χ2n) is 2.15. The van der Waals surface area contributed by atoms with Gasteiger partial charge in [-0.25, -0.2) is 0 Å². The molecule has 1 aromatic rings. The molecule has 0 aliphatic rings. The third-order valence-corrected chi connectivity index (χ3v) is 1.82. The lowest BCUT2D eigenvalue weighted by atomic mass is 10.1. The minimum atomic E-state index is 0.837. The summed E-state index contributed by atoms with van der Waals surface area (Å²) in [6, 6.07) is 11.0. The fourth-order valence-corrected chi connectivity index (χ4v) is 0.980. The highest BCUT2D eigenvalue weighted by Gasteiger charge is 1.91. The van der Waals surface area contributed by atoms with Crippen molar-refractivity contribution in [1.82, 2.24) is 0 Å². The second-order valence-corrected chi connectivity index (χ2v) is 2.50. The highest BCUT2D eigenvalue weighted by atomic mass is 28.1. The van der Waals surface area contributed by atoms with Crippen molar-refractivity contribution in [1.29, 1.82) is 0 Å². The Labute approximate surface area is 65.0 Å². The van der Waals surface area contributed by atoms with E-state index in [1.54, 1.807) is 0 Å². The number of hydrogen-bond donors (Lipinski definition) is 0. The van der Waals surface area contributed by atoms with Crippen LogP contribution in [0.1, 0.15) is 5.56 Å². The molecule has 1 aromatic carbocycles. The zero-order valence-electron chi connectivity index (χ0n) is 5.80. The van der Waals surface area contributed by atoms with Crippen LogP contribution in [0.4, 0.5) is 0 Å². The molecule has 0 fully saturated rings. The molecule has 0 nitrogen and oxygen atoms in total. The van der Waals surface area contributed by atoms with Gasteiger partial charge in [0.15, 0.2) is 0 Å². The molecule has 1 heteroatoms. The fraction of sp³-hybridized carbons (Fsp3) is 0.111. The molecule has 1 rings (SSSR count). The van der Waals surface area contributed by atoms with Crippen molar-refractivity contribution >= 4 is 15.8 Å². The molecule has 0 aromatic heterocycles. The second kappa shape index (κ2) is 3.37. The molecule has 0 aliphatic carbocycles. The van der Waals surface area contributed by atoms with E-state index in [1.807, 2.05) is 18.2 Å². The Hall–Kier alpha value is -0.823. The molecule has 0 unspecified atom stereocenters. The maximum atomic E-state index is 3.89. The summed E-state index contributed by atoms with van der Waals surface area (Å²) in [5.74, 6) is 0. The highest BCUT2D eigenvalue weighted by molar-refractivity contribution is 6.14. The maximum absolute atomic E-state index is 3.89. The normalized spacial score (nSPS) is 9.30. The Kier molecular flexibility index (Phi) is 2.46. The lowest BCUT2D eigenvalue weighted by Crippen LogP contribution is -1.79. The van der Waals surface area contributed by atoms with Crippen LogP contribution in [-0.2, 0) is 0 Å². The van der Waals surface area contributed by atoms with E-state index in [-0.39, 0.29) is 0 Å². The van der Waals surface area contributed by atoms with Gasteiger partial charge < -0.3 is 0 Å². The summed E-state index contributed by atoms with van der Waals surface area (Å²) in [6.07, 6.45) is 0. The Morgan fingerprint density at radius 2 is 1.90 bits per heavy atom. The van der Waals surface area contributed by atoms with Crippen LogP contribution < -0.4 is 0 Å². The van der Waals surface area contributed by atoms with Crippen LogP contribution >= 0.6 is 0 Å². The zero-order valence-corrected chi connectivity index (χ0v) is 6.80. The van der Waals surface area contributed by atoms with E-state index in [0.717, 1.165) is 11.6 Å². The van der Waals surface area contributed by atoms with Gasteiger partial charge in [-0.3, -0.25) is 0 Å². The smallest absolute Gasteiger partial charge is 0.0283 e. The summed E-state index contributed by atoms with van der Waals surface area (Å²) in [4.78, 5) is 0. The highest BCUT2D eigenvalue weighted by Crippen LogP contribution is 2.13. The van der Waals surface area contributed by atoms with Gasteiger partial charge in [0.1, 0.15) is 0 Å².